The van der Waals surface area contributed by atoms with E-state index in [2.05, 4.69) is 5.32 Å². The molecule has 13 heavy (non-hydrogen) atoms. The molecular weight excluding hydrogens is 166 g/mol. The standard InChI is InChI=1S/C10H13NO2/c1-11-5-4-8-2-3-10(13)6-9(8)7-12/h2-3,6-7,11,13H,4-5H2,1H3. The van der Waals surface area contributed by atoms with Gasteiger partial charge in [-0.15, -0.1) is 0 Å². The lowest BCUT2D eigenvalue weighted by Gasteiger charge is -2.04. The molecule has 0 bridgehead atoms. The molecule has 2 N–H and O–H groups in total. The summed E-state index contributed by atoms with van der Waals surface area (Å²) in [7, 11) is 1.86. The van der Waals surface area contributed by atoms with Gasteiger partial charge in [-0.05, 0) is 37.7 Å². The zero-order chi connectivity index (χ0) is 9.68. The summed E-state index contributed by atoms with van der Waals surface area (Å²) >= 11 is 0. The van der Waals surface area contributed by atoms with Crippen LogP contribution in [0.3, 0.4) is 0 Å². The molecule has 1 rings (SSSR count). The zero-order valence-corrected chi connectivity index (χ0v) is 7.58. The van der Waals surface area contributed by atoms with Gasteiger partial charge in [-0.3, -0.25) is 4.79 Å². The van der Waals surface area contributed by atoms with Crippen molar-refractivity contribution in [3.8, 4) is 5.75 Å². The average Bonchev–Trinajstić information content (AvgIpc) is 2.16. The van der Waals surface area contributed by atoms with Gasteiger partial charge >= 0.3 is 0 Å². The maximum atomic E-state index is 10.6. The van der Waals surface area contributed by atoms with Crippen LogP contribution in [0.1, 0.15) is 15.9 Å². The van der Waals surface area contributed by atoms with Gasteiger partial charge in [0, 0.05) is 5.56 Å². The highest BCUT2D eigenvalue weighted by Gasteiger charge is 2.01. The first-order valence-corrected chi connectivity index (χ1v) is 4.19. The lowest BCUT2D eigenvalue weighted by Crippen LogP contribution is -2.11. The van der Waals surface area contributed by atoms with Crippen molar-refractivity contribution in [3.05, 3.63) is 29.3 Å². The number of phenols is 1. The minimum Gasteiger partial charge on any atom is -0.508 e. The molecule has 0 spiro atoms. The molecule has 0 aliphatic rings. The predicted octanol–water partition coefficient (Wildman–Crippen LogP) is 0.967. The summed E-state index contributed by atoms with van der Waals surface area (Å²) in [6, 6.07) is 4.85. The number of likely N-dealkylation sites (N-methyl/N-ethyl adjacent to an activating group) is 1. The van der Waals surface area contributed by atoms with Gasteiger partial charge < -0.3 is 10.4 Å². The Hall–Kier alpha value is -1.35. The number of aromatic hydroxyl groups is 1. The fourth-order valence-corrected chi connectivity index (χ4v) is 1.18. The highest BCUT2D eigenvalue weighted by atomic mass is 16.3. The molecule has 1 aromatic rings. The number of hydrogen-bond acceptors (Lipinski definition) is 3. The second-order valence-electron chi connectivity index (χ2n) is 2.85. The number of carbonyl (C=O) groups excluding carboxylic acids is 1. The lowest BCUT2D eigenvalue weighted by molar-refractivity contribution is 0.112. The Bertz CT molecular complexity index is 297. The van der Waals surface area contributed by atoms with Gasteiger partial charge in [0.1, 0.15) is 12.0 Å². The second kappa shape index (κ2) is 4.62. The van der Waals surface area contributed by atoms with E-state index in [0.29, 0.717) is 5.56 Å². The first-order valence-electron chi connectivity index (χ1n) is 4.19. The first-order chi connectivity index (χ1) is 6.27. The van der Waals surface area contributed by atoms with E-state index in [9.17, 15) is 4.79 Å². The van der Waals surface area contributed by atoms with Gasteiger partial charge in [0.15, 0.2) is 0 Å². The molecule has 0 unspecified atom stereocenters. The van der Waals surface area contributed by atoms with E-state index in [1.807, 2.05) is 7.05 Å². The maximum Gasteiger partial charge on any atom is 0.150 e. The SMILES string of the molecule is CNCCc1ccc(O)cc1C=O. The van der Waals surface area contributed by atoms with Gasteiger partial charge in [-0.2, -0.15) is 0 Å². The molecule has 0 saturated carbocycles. The minimum atomic E-state index is 0.135. The Kier molecular flexibility index (Phi) is 3.46. The average molecular weight is 179 g/mol. The van der Waals surface area contributed by atoms with Crippen molar-refractivity contribution in [3.63, 3.8) is 0 Å². The van der Waals surface area contributed by atoms with E-state index in [1.54, 1.807) is 12.1 Å². The van der Waals surface area contributed by atoms with Crippen LogP contribution in [0.2, 0.25) is 0 Å². The Morgan fingerprint density at radius 2 is 2.31 bits per heavy atom. The number of aldehydes is 1. The number of benzene rings is 1. The highest BCUT2D eigenvalue weighted by molar-refractivity contribution is 5.78. The minimum absolute atomic E-state index is 0.135. The predicted molar refractivity (Wildman–Crippen MR) is 51.1 cm³/mol. The molecule has 0 amide bonds. The van der Waals surface area contributed by atoms with Crippen LogP contribution >= 0.6 is 0 Å². The second-order valence-corrected chi connectivity index (χ2v) is 2.85. The molecule has 0 heterocycles. The van der Waals surface area contributed by atoms with Crippen molar-refractivity contribution < 1.29 is 9.90 Å². The lowest BCUT2D eigenvalue weighted by atomic mass is 10.1. The third-order valence-electron chi connectivity index (χ3n) is 1.90. The number of phenolic OH excluding ortho intramolecular Hbond substituents is 1. The smallest absolute Gasteiger partial charge is 0.150 e. The normalized spacial score (nSPS) is 9.92. The molecule has 0 saturated heterocycles. The van der Waals surface area contributed by atoms with Crippen LogP contribution in [0.15, 0.2) is 18.2 Å². The van der Waals surface area contributed by atoms with E-state index < -0.39 is 0 Å². The summed E-state index contributed by atoms with van der Waals surface area (Å²) in [5, 5.41) is 12.1. The van der Waals surface area contributed by atoms with Gasteiger partial charge in [0.25, 0.3) is 0 Å². The molecular formula is C10H13NO2. The van der Waals surface area contributed by atoms with E-state index in [0.717, 1.165) is 24.8 Å². The van der Waals surface area contributed by atoms with Crippen molar-refractivity contribution in [2.24, 2.45) is 0 Å². The molecule has 3 heteroatoms. The Morgan fingerprint density at radius 1 is 1.54 bits per heavy atom. The van der Waals surface area contributed by atoms with Crippen LogP contribution in [0.4, 0.5) is 0 Å². The Morgan fingerprint density at radius 3 is 2.92 bits per heavy atom. The molecule has 0 aliphatic carbocycles. The number of nitrogens with one attached hydrogen (secondary N) is 1. The number of hydrogen-bond donors (Lipinski definition) is 2. The fraction of sp³-hybridized carbons (Fsp3) is 0.300. The van der Waals surface area contributed by atoms with Gasteiger partial charge in [-0.25, -0.2) is 0 Å². The van der Waals surface area contributed by atoms with E-state index in [-0.39, 0.29) is 5.75 Å². The van der Waals surface area contributed by atoms with Crippen molar-refractivity contribution in [1.82, 2.24) is 5.32 Å². The third-order valence-corrected chi connectivity index (χ3v) is 1.90. The van der Waals surface area contributed by atoms with Gasteiger partial charge in [0.05, 0.1) is 0 Å². The van der Waals surface area contributed by atoms with E-state index in [4.69, 9.17) is 5.11 Å². The van der Waals surface area contributed by atoms with E-state index >= 15 is 0 Å². The quantitative estimate of drug-likeness (QED) is 0.677. The summed E-state index contributed by atoms with van der Waals surface area (Å²) in [6.07, 6.45) is 1.57. The van der Waals surface area contributed by atoms with Crippen LogP contribution in [-0.4, -0.2) is 25.0 Å². The molecule has 1 aromatic carbocycles. The van der Waals surface area contributed by atoms with Crippen LogP contribution in [-0.2, 0) is 6.42 Å². The molecule has 3 nitrogen and oxygen atoms in total. The number of rotatable bonds is 4. The van der Waals surface area contributed by atoms with Gasteiger partial charge in [-0.1, -0.05) is 6.07 Å². The molecule has 0 aliphatic heterocycles. The summed E-state index contributed by atoms with van der Waals surface area (Å²) < 4.78 is 0. The fourth-order valence-electron chi connectivity index (χ4n) is 1.18. The largest absolute Gasteiger partial charge is 0.508 e. The summed E-state index contributed by atoms with van der Waals surface area (Å²) in [5.74, 6) is 0.135. The molecule has 0 aromatic heterocycles. The maximum absolute atomic E-state index is 10.6. The molecule has 70 valence electrons. The van der Waals surface area contributed by atoms with Crippen molar-refractivity contribution >= 4 is 6.29 Å². The first kappa shape index (κ1) is 9.74. The topological polar surface area (TPSA) is 49.3 Å². The number of carbonyl (C=O) groups is 1. The third kappa shape index (κ3) is 2.56. The van der Waals surface area contributed by atoms with Crippen LogP contribution < -0.4 is 5.32 Å². The van der Waals surface area contributed by atoms with Crippen molar-refractivity contribution in [2.75, 3.05) is 13.6 Å². The Labute approximate surface area is 77.4 Å². The van der Waals surface area contributed by atoms with Gasteiger partial charge in [0.2, 0.25) is 0 Å². The molecule has 0 fully saturated rings. The zero-order valence-electron chi connectivity index (χ0n) is 7.58. The monoisotopic (exact) mass is 179 g/mol. The van der Waals surface area contributed by atoms with E-state index in [1.165, 1.54) is 6.07 Å². The Balaban J connectivity index is 2.86. The van der Waals surface area contributed by atoms with Crippen molar-refractivity contribution in [2.45, 2.75) is 6.42 Å². The molecule has 0 radical (unpaired) electrons. The summed E-state index contributed by atoms with van der Waals surface area (Å²) in [5.41, 5.74) is 1.53. The van der Waals surface area contributed by atoms with Crippen molar-refractivity contribution in [1.29, 1.82) is 0 Å². The highest BCUT2D eigenvalue weighted by Crippen LogP contribution is 2.15. The van der Waals surface area contributed by atoms with Crippen LogP contribution in [0.5, 0.6) is 5.75 Å². The summed E-state index contributed by atoms with van der Waals surface area (Å²) in [4.78, 5) is 10.6. The molecule has 0 atom stereocenters. The van der Waals surface area contributed by atoms with Crippen LogP contribution in [0, 0.1) is 0 Å². The summed E-state index contributed by atoms with van der Waals surface area (Å²) in [6.45, 7) is 0.825. The van der Waals surface area contributed by atoms with Crippen LogP contribution in [0.25, 0.3) is 0 Å².